The molecule has 0 fully saturated rings. The van der Waals surface area contributed by atoms with Gasteiger partial charge in [0.15, 0.2) is 0 Å². The van der Waals surface area contributed by atoms with Gasteiger partial charge in [-0.2, -0.15) is 0 Å². The molecule has 0 aliphatic heterocycles. The van der Waals surface area contributed by atoms with Gasteiger partial charge in [0, 0.05) is 20.0 Å². The van der Waals surface area contributed by atoms with Crippen molar-refractivity contribution in [1.29, 1.82) is 0 Å². The number of hydrogen-bond donors (Lipinski definition) is 3. The number of anilines is 1. The summed E-state index contributed by atoms with van der Waals surface area (Å²) in [6.45, 7) is 6.79. The molecule has 0 bridgehead atoms. The average molecular weight is 293 g/mol. The summed E-state index contributed by atoms with van der Waals surface area (Å²) in [5.74, 6) is 0.542. The Morgan fingerprint density at radius 2 is 1.90 bits per heavy atom. The van der Waals surface area contributed by atoms with Gasteiger partial charge in [0.25, 0.3) is 0 Å². The normalized spacial score (nSPS) is 9.86. The second kappa shape index (κ2) is 8.84. The van der Waals surface area contributed by atoms with Crippen LogP contribution >= 0.6 is 0 Å². The van der Waals surface area contributed by atoms with Crippen molar-refractivity contribution in [1.82, 2.24) is 10.6 Å². The molecule has 0 saturated carbocycles. The van der Waals surface area contributed by atoms with Crippen LogP contribution in [0.5, 0.6) is 5.75 Å². The van der Waals surface area contributed by atoms with Gasteiger partial charge in [-0.25, -0.2) is 4.79 Å². The van der Waals surface area contributed by atoms with E-state index in [1.165, 1.54) is 6.92 Å². The van der Waals surface area contributed by atoms with Crippen molar-refractivity contribution in [2.75, 3.05) is 25.0 Å². The highest BCUT2D eigenvalue weighted by Crippen LogP contribution is 2.25. The molecule has 0 radical (unpaired) electrons. The monoisotopic (exact) mass is 293 g/mol. The van der Waals surface area contributed by atoms with E-state index in [4.69, 9.17) is 4.74 Å². The summed E-state index contributed by atoms with van der Waals surface area (Å²) >= 11 is 0. The van der Waals surface area contributed by atoms with Crippen molar-refractivity contribution in [3.8, 4) is 5.75 Å². The summed E-state index contributed by atoms with van der Waals surface area (Å²) in [6.07, 6.45) is 0.899. The van der Waals surface area contributed by atoms with Gasteiger partial charge in [0.05, 0.1) is 12.3 Å². The maximum Gasteiger partial charge on any atom is 0.319 e. The van der Waals surface area contributed by atoms with Gasteiger partial charge < -0.3 is 20.7 Å². The van der Waals surface area contributed by atoms with Crippen molar-refractivity contribution >= 4 is 17.6 Å². The molecule has 1 aromatic rings. The fourth-order valence-corrected chi connectivity index (χ4v) is 1.65. The zero-order valence-electron chi connectivity index (χ0n) is 12.8. The summed E-state index contributed by atoms with van der Waals surface area (Å²) in [6, 6.07) is 5.28. The van der Waals surface area contributed by atoms with E-state index in [1.807, 2.05) is 32.0 Å². The highest BCUT2D eigenvalue weighted by atomic mass is 16.5. The molecule has 116 valence electrons. The van der Waals surface area contributed by atoms with E-state index in [1.54, 1.807) is 0 Å². The lowest BCUT2D eigenvalue weighted by Gasteiger charge is -2.13. The Labute approximate surface area is 125 Å². The van der Waals surface area contributed by atoms with E-state index >= 15 is 0 Å². The van der Waals surface area contributed by atoms with Crippen LogP contribution < -0.4 is 20.7 Å². The molecular weight excluding hydrogens is 270 g/mol. The molecule has 0 saturated heterocycles. The first kappa shape index (κ1) is 16.8. The molecule has 6 nitrogen and oxygen atoms in total. The number of aryl methyl sites for hydroxylation is 1. The molecule has 21 heavy (non-hydrogen) atoms. The average Bonchev–Trinajstić information content (AvgIpc) is 2.43. The van der Waals surface area contributed by atoms with Crippen molar-refractivity contribution in [3.05, 3.63) is 23.8 Å². The zero-order chi connectivity index (χ0) is 15.7. The molecule has 0 atom stereocenters. The Morgan fingerprint density at radius 1 is 1.19 bits per heavy atom. The lowest BCUT2D eigenvalue weighted by atomic mass is 10.2. The van der Waals surface area contributed by atoms with Gasteiger partial charge in [-0.1, -0.05) is 13.0 Å². The summed E-state index contributed by atoms with van der Waals surface area (Å²) < 4.78 is 5.63. The summed E-state index contributed by atoms with van der Waals surface area (Å²) in [5, 5.41) is 8.02. The topological polar surface area (TPSA) is 79.5 Å². The van der Waals surface area contributed by atoms with Gasteiger partial charge in [-0.05, 0) is 31.0 Å². The van der Waals surface area contributed by atoms with E-state index in [-0.39, 0.29) is 11.9 Å². The van der Waals surface area contributed by atoms with Gasteiger partial charge in [0.2, 0.25) is 5.91 Å². The highest BCUT2D eigenvalue weighted by molar-refractivity contribution is 5.91. The molecule has 0 spiro atoms. The minimum atomic E-state index is -0.328. The number of carbonyl (C=O) groups is 2. The van der Waals surface area contributed by atoms with E-state index in [2.05, 4.69) is 16.0 Å². The van der Waals surface area contributed by atoms with E-state index in [9.17, 15) is 9.59 Å². The number of benzene rings is 1. The third kappa shape index (κ3) is 6.65. The van der Waals surface area contributed by atoms with Crippen molar-refractivity contribution in [2.24, 2.45) is 0 Å². The van der Waals surface area contributed by atoms with Crippen LogP contribution in [0.25, 0.3) is 0 Å². The lowest BCUT2D eigenvalue weighted by molar-refractivity contribution is -0.118. The van der Waals surface area contributed by atoms with Crippen LogP contribution in [-0.2, 0) is 4.79 Å². The number of nitrogens with one attached hydrogen (secondary N) is 3. The maximum absolute atomic E-state index is 11.8. The molecule has 1 aromatic carbocycles. The molecule has 0 unspecified atom stereocenters. The maximum atomic E-state index is 11.8. The Hall–Kier alpha value is -2.24. The number of amides is 3. The number of rotatable bonds is 7. The summed E-state index contributed by atoms with van der Waals surface area (Å²) in [5.41, 5.74) is 1.70. The first-order valence-corrected chi connectivity index (χ1v) is 7.05. The molecule has 0 heterocycles. The molecule has 0 aliphatic carbocycles. The predicted molar refractivity (Wildman–Crippen MR) is 82.7 cm³/mol. The van der Waals surface area contributed by atoms with Gasteiger partial charge in [-0.3, -0.25) is 4.79 Å². The lowest BCUT2D eigenvalue weighted by Crippen LogP contribution is -2.36. The molecule has 0 aliphatic rings. The predicted octanol–water partition coefficient (Wildman–Crippen LogP) is 2.04. The smallest absolute Gasteiger partial charge is 0.319 e. The van der Waals surface area contributed by atoms with E-state index in [0.29, 0.717) is 31.1 Å². The van der Waals surface area contributed by atoms with E-state index in [0.717, 1.165) is 12.0 Å². The molecular formula is C15H23N3O3. The van der Waals surface area contributed by atoms with Crippen LogP contribution in [0.3, 0.4) is 0 Å². The van der Waals surface area contributed by atoms with Crippen LogP contribution in [0.15, 0.2) is 18.2 Å². The summed E-state index contributed by atoms with van der Waals surface area (Å²) in [7, 11) is 0. The quantitative estimate of drug-likeness (QED) is 0.673. The fourth-order valence-electron chi connectivity index (χ4n) is 1.65. The number of hydrogen-bond acceptors (Lipinski definition) is 3. The van der Waals surface area contributed by atoms with Gasteiger partial charge >= 0.3 is 6.03 Å². The minimum absolute atomic E-state index is 0.119. The van der Waals surface area contributed by atoms with Crippen molar-refractivity contribution < 1.29 is 14.3 Å². The van der Waals surface area contributed by atoms with Crippen LogP contribution in [-0.4, -0.2) is 31.6 Å². The van der Waals surface area contributed by atoms with Crippen molar-refractivity contribution in [3.63, 3.8) is 0 Å². The Bertz CT molecular complexity index is 489. The number of urea groups is 1. The largest absolute Gasteiger partial charge is 0.491 e. The first-order valence-electron chi connectivity index (χ1n) is 7.05. The highest BCUT2D eigenvalue weighted by Gasteiger charge is 2.07. The number of ether oxygens (including phenoxy) is 1. The Morgan fingerprint density at radius 3 is 2.57 bits per heavy atom. The van der Waals surface area contributed by atoms with Crippen LogP contribution in [0.1, 0.15) is 25.8 Å². The second-order valence-corrected chi connectivity index (χ2v) is 4.71. The standard InChI is InChI=1S/C15H23N3O3/c1-4-9-21-14-10-11(2)5-6-13(14)18-15(20)17-8-7-16-12(3)19/h5-6,10H,4,7-9H2,1-3H3,(H,16,19)(H2,17,18,20). The van der Waals surface area contributed by atoms with Crippen LogP contribution in [0, 0.1) is 6.92 Å². The van der Waals surface area contributed by atoms with E-state index < -0.39 is 0 Å². The molecule has 3 amide bonds. The third-order valence-corrected chi connectivity index (χ3v) is 2.63. The first-order chi connectivity index (χ1) is 10.0. The number of carbonyl (C=O) groups excluding carboxylic acids is 2. The minimum Gasteiger partial charge on any atom is -0.491 e. The second-order valence-electron chi connectivity index (χ2n) is 4.71. The summed E-state index contributed by atoms with van der Waals surface area (Å²) in [4.78, 5) is 22.5. The zero-order valence-corrected chi connectivity index (χ0v) is 12.8. The SMILES string of the molecule is CCCOc1cc(C)ccc1NC(=O)NCCNC(C)=O. The van der Waals surface area contributed by atoms with Crippen molar-refractivity contribution in [2.45, 2.75) is 27.2 Å². The molecule has 3 N–H and O–H groups in total. The van der Waals surface area contributed by atoms with Crippen LogP contribution in [0.2, 0.25) is 0 Å². The molecule has 6 heteroatoms. The Kier molecular flexibility index (Phi) is 7.08. The molecule has 0 aromatic heterocycles. The molecule has 1 rings (SSSR count). The van der Waals surface area contributed by atoms with Gasteiger partial charge in [-0.15, -0.1) is 0 Å². The third-order valence-electron chi connectivity index (χ3n) is 2.63. The van der Waals surface area contributed by atoms with Gasteiger partial charge in [0.1, 0.15) is 5.75 Å². The Balaban J connectivity index is 2.52. The van der Waals surface area contributed by atoms with Crippen LogP contribution in [0.4, 0.5) is 10.5 Å². The fraction of sp³-hybridized carbons (Fsp3) is 0.467.